The molecule has 2 aliphatic carbocycles. The molecular weight excluding hydrogens is 208 g/mol. The number of pyridine rings is 1. The van der Waals surface area contributed by atoms with Gasteiger partial charge in [0.25, 0.3) is 0 Å². The second-order valence-electron chi connectivity index (χ2n) is 6.95. The smallest absolute Gasteiger partial charge is 0.167 e. The van der Waals surface area contributed by atoms with Crippen LogP contribution < -0.4 is 9.69 Å². The van der Waals surface area contributed by atoms with E-state index in [1.165, 1.54) is 12.8 Å². The van der Waals surface area contributed by atoms with Crippen molar-refractivity contribution < 1.29 is 4.68 Å². The number of nitrogens with zero attached hydrogens (tertiary/aromatic N) is 2. The molecule has 2 nitrogen and oxygen atoms in total. The Hall–Kier alpha value is -1.05. The van der Waals surface area contributed by atoms with Crippen LogP contribution in [0.15, 0.2) is 30.6 Å². The number of rotatable bonds is 1. The molecule has 1 aromatic rings. The van der Waals surface area contributed by atoms with Crippen molar-refractivity contribution >= 4 is 0 Å². The molecule has 17 heavy (non-hydrogen) atoms. The average Bonchev–Trinajstić information content (AvgIpc) is 3.09. The molecule has 0 aromatic carbocycles. The lowest BCUT2D eigenvalue weighted by Gasteiger charge is -2.10. The van der Waals surface area contributed by atoms with Gasteiger partial charge in [0.1, 0.15) is 11.6 Å². The largest absolute Gasteiger partial charge is 0.199 e. The Morgan fingerprint density at radius 1 is 1.06 bits per heavy atom. The topological polar surface area (TPSA) is 6.89 Å². The average molecular weight is 229 g/mol. The summed E-state index contributed by atoms with van der Waals surface area (Å²) in [6.07, 6.45) is 7.15. The van der Waals surface area contributed by atoms with Crippen LogP contribution >= 0.6 is 0 Å². The van der Waals surface area contributed by atoms with Crippen LogP contribution in [-0.2, 0) is 0 Å². The van der Waals surface area contributed by atoms with E-state index in [0.717, 1.165) is 17.9 Å². The Morgan fingerprint density at radius 3 is 2.41 bits per heavy atom. The van der Waals surface area contributed by atoms with Gasteiger partial charge < -0.3 is 0 Å². The van der Waals surface area contributed by atoms with Crippen LogP contribution in [0.2, 0.25) is 0 Å². The first-order valence-corrected chi connectivity index (χ1v) is 6.81. The van der Waals surface area contributed by atoms with E-state index in [-0.39, 0.29) is 0 Å². The van der Waals surface area contributed by atoms with Gasteiger partial charge in [0.05, 0.1) is 0 Å². The highest BCUT2D eigenvalue weighted by molar-refractivity contribution is 5.34. The fourth-order valence-electron chi connectivity index (χ4n) is 4.44. The molecule has 0 amide bonds. The van der Waals surface area contributed by atoms with Gasteiger partial charge in [-0.2, -0.15) is 5.01 Å². The highest BCUT2D eigenvalue weighted by atomic mass is 15.7. The minimum Gasteiger partial charge on any atom is -0.167 e. The summed E-state index contributed by atoms with van der Waals surface area (Å²) in [5, 5.41) is 2.58. The second-order valence-corrected chi connectivity index (χ2v) is 6.95. The van der Waals surface area contributed by atoms with Gasteiger partial charge in [-0.25, -0.2) is 0 Å². The standard InChI is InChI=1S/C15H21N2/c1-14(2)11-9-13-15(3,10-12(11)14)17(13)16-7-5-4-6-8-16/h4-8,11-13H,9-10H2,1-3H3/q+1. The highest BCUT2D eigenvalue weighted by Crippen LogP contribution is 2.70. The number of hydrogen-bond donors (Lipinski definition) is 0. The molecule has 1 aliphatic heterocycles. The van der Waals surface area contributed by atoms with E-state index in [0.29, 0.717) is 11.0 Å². The SMILES string of the molecule is CC1(C)C2CC3N([n+]4ccccc4)C3(C)CC21. The van der Waals surface area contributed by atoms with Crippen LogP contribution in [0.5, 0.6) is 0 Å². The van der Waals surface area contributed by atoms with E-state index in [9.17, 15) is 0 Å². The van der Waals surface area contributed by atoms with Gasteiger partial charge in [-0.15, -0.1) is 0 Å². The molecule has 1 saturated heterocycles. The van der Waals surface area contributed by atoms with Crippen molar-refractivity contribution in [3.8, 4) is 0 Å². The monoisotopic (exact) mass is 229 g/mol. The van der Waals surface area contributed by atoms with Crippen LogP contribution in [0.4, 0.5) is 0 Å². The lowest BCUT2D eigenvalue weighted by molar-refractivity contribution is -0.681. The molecule has 3 fully saturated rings. The Balaban J connectivity index is 1.61. The quantitative estimate of drug-likeness (QED) is 0.528. The third kappa shape index (κ3) is 1.09. The van der Waals surface area contributed by atoms with E-state index in [4.69, 9.17) is 0 Å². The Bertz CT molecular complexity index is 467. The maximum absolute atomic E-state index is 2.58. The second kappa shape index (κ2) is 2.68. The maximum atomic E-state index is 2.58. The third-order valence-electron chi connectivity index (χ3n) is 5.82. The van der Waals surface area contributed by atoms with Crippen molar-refractivity contribution in [1.29, 1.82) is 0 Å². The summed E-state index contributed by atoms with van der Waals surface area (Å²) in [7, 11) is 0. The molecule has 2 heterocycles. The number of aromatic nitrogens is 1. The molecule has 0 radical (unpaired) electrons. The van der Waals surface area contributed by atoms with Crippen molar-refractivity contribution in [3.63, 3.8) is 0 Å². The fourth-order valence-corrected chi connectivity index (χ4v) is 4.44. The number of hydrogen-bond acceptors (Lipinski definition) is 1. The van der Waals surface area contributed by atoms with Gasteiger partial charge in [-0.1, -0.05) is 24.6 Å². The van der Waals surface area contributed by atoms with Crippen molar-refractivity contribution in [2.75, 3.05) is 5.01 Å². The first-order valence-electron chi connectivity index (χ1n) is 6.81. The van der Waals surface area contributed by atoms with Crippen LogP contribution in [0.1, 0.15) is 33.6 Å². The van der Waals surface area contributed by atoms with Gasteiger partial charge in [-0.05, 0) is 37.0 Å². The van der Waals surface area contributed by atoms with Crippen LogP contribution in [0.3, 0.4) is 0 Å². The molecule has 90 valence electrons. The molecule has 4 rings (SSSR count). The van der Waals surface area contributed by atoms with Gasteiger partial charge >= 0.3 is 0 Å². The summed E-state index contributed by atoms with van der Waals surface area (Å²) in [4.78, 5) is 0. The fraction of sp³-hybridized carbons (Fsp3) is 0.667. The number of fused-ring (bicyclic) bond motifs is 2. The minimum atomic E-state index is 0.432. The molecule has 1 aromatic heterocycles. The molecule has 0 bridgehead atoms. The molecule has 4 atom stereocenters. The van der Waals surface area contributed by atoms with Crippen LogP contribution in [-0.4, -0.2) is 11.6 Å². The molecule has 2 saturated carbocycles. The normalized spacial score (nSPS) is 44.9. The van der Waals surface area contributed by atoms with E-state index in [2.05, 4.69) is 61.0 Å². The van der Waals surface area contributed by atoms with Gasteiger partial charge in [0, 0.05) is 12.1 Å². The van der Waals surface area contributed by atoms with Gasteiger partial charge in [0.15, 0.2) is 12.4 Å². The van der Waals surface area contributed by atoms with Crippen LogP contribution in [0.25, 0.3) is 0 Å². The summed E-state index contributed by atoms with van der Waals surface area (Å²) in [5.41, 5.74) is 1.06. The molecule has 4 unspecified atom stereocenters. The lowest BCUT2D eigenvalue weighted by Crippen LogP contribution is -2.48. The minimum absolute atomic E-state index is 0.432. The highest BCUT2D eigenvalue weighted by Gasteiger charge is 2.76. The summed E-state index contributed by atoms with van der Waals surface area (Å²) in [5.74, 6) is 1.95. The molecule has 0 spiro atoms. The van der Waals surface area contributed by atoms with Gasteiger partial charge in [-0.3, -0.25) is 0 Å². The maximum Gasteiger partial charge on any atom is 0.199 e. The predicted octanol–water partition coefficient (Wildman–Crippen LogP) is 2.12. The van der Waals surface area contributed by atoms with Crippen LogP contribution in [0, 0.1) is 17.3 Å². The summed E-state index contributed by atoms with van der Waals surface area (Å²) >= 11 is 0. The van der Waals surface area contributed by atoms with E-state index in [1.807, 2.05) is 0 Å². The first-order chi connectivity index (χ1) is 8.05. The zero-order valence-corrected chi connectivity index (χ0v) is 10.9. The summed E-state index contributed by atoms with van der Waals surface area (Å²) < 4.78 is 2.29. The van der Waals surface area contributed by atoms with Gasteiger partial charge in [0.2, 0.25) is 0 Å². The summed E-state index contributed by atoms with van der Waals surface area (Å²) in [6, 6.07) is 7.11. The third-order valence-corrected chi connectivity index (χ3v) is 5.82. The molecule has 0 N–H and O–H groups in total. The zero-order chi connectivity index (χ0) is 11.8. The van der Waals surface area contributed by atoms with E-state index >= 15 is 0 Å². The molecular formula is C15H21N2+. The van der Waals surface area contributed by atoms with E-state index < -0.39 is 0 Å². The lowest BCUT2D eigenvalue weighted by atomic mass is 9.91. The first kappa shape index (κ1) is 9.93. The summed E-state index contributed by atoms with van der Waals surface area (Å²) in [6.45, 7) is 7.36. The molecule has 3 aliphatic rings. The Kier molecular flexibility index (Phi) is 1.56. The zero-order valence-electron chi connectivity index (χ0n) is 10.9. The predicted molar refractivity (Wildman–Crippen MR) is 67.0 cm³/mol. The Labute approximate surface area is 103 Å². The molecule has 2 heteroatoms. The van der Waals surface area contributed by atoms with Crippen molar-refractivity contribution in [1.82, 2.24) is 0 Å². The van der Waals surface area contributed by atoms with Crippen molar-refractivity contribution in [3.05, 3.63) is 30.6 Å². The Morgan fingerprint density at radius 2 is 1.76 bits per heavy atom. The van der Waals surface area contributed by atoms with E-state index in [1.54, 1.807) is 0 Å². The van der Waals surface area contributed by atoms with Crippen molar-refractivity contribution in [2.45, 2.75) is 45.2 Å². The van der Waals surface area contributed by atoms with Crippen molar-refractivity contribution in [2.24, 2.45) is 17.3 Å².